The van der Waals surface area contributed by atoms with E-state index in [2.05, 4.69) is 62.0 Å². The molecule has 0 fully saturated rings. The Labute approximate surface area is 160 Å². The van der Waals surface area contributed by atoms with E-state index in [0.717, 1.165) is 18.4 Å². The second kappa shape index (κ2) is 10.5. The highest BCUT2D eigenvalue weighted by molar-refractivity contribution is 5.84. The van der Waals surface area contributed by atoms with Gasteiger partial charge in [0.25, 0.3) is 0 Å². The minimum atomic E-state index is 0.635. The van der Waals surface area contributed by atoms with E-state index in [1.165, 1.54) is 61.6 Å². The minimum Gasteiger partial charge on any atom is -0.383 e. The maximum absolute atomic E-state index is 6.20. The highest BCUT2D eigenvalue weighted by Crippen LogP contribution is 2.24. The van der Waals surface area contributed by atoms with Gasteiger partial charge in [0, 0.05) is 11.4 Å². The molecule has 2 rings (SSSR count). The van der Waals surface area contributed by atoms with Crippen molar-refractivity contribution in [2.45, 2.75) is 78.2 Å². The number of aryl methyl sites for hydroxylation is 2. The predicted molar refractivity (Wildman–Crippen MR) is 115 cm³/mol. The van der Waals surface area contributed by atoms with Gasteiger partial charge in [0.2, 0.25) is 0 Å². The minimum absolute atomic E-state index is 0.635. The Balaban J connectivity index is 1.99. The first-order valence-corrected chi connectivity index (χ1v) is 10.4. The van der Waals surface area contributed by atoms with Crippen LogP contribution in [0.1, 0.15) is 70.4 Å². The molecule has 0 amide bonds. The van der Waals surface area contributed by atoms with Crippen molar-refractivity contribution in [1.82, 2.24) is 9.88 Å². The highest BCUT2D eigenvalue weighted by Gasteiger charge is 2.08. The number of nitrogen functional groups attached to an aromatic ring is 1. The summed E-state index contributed by atoms with van der Waals surface area (Å²) in [4.78, 5) is 7.10. The number of benzene rings is 1. The summed E-state index contributed by atoms with van der Waals surface area (Å²) >= 11 is 0. The zero-order valence-corrected chi connectivity index (χ0v) is 17.2. The number of nitrogens with zero attached hydrogens (tertiary/aromatic N) is 2. The van der Waals surface area contributed by atoms with Crippen LogP contribution in [0.25, 0.3) is 10.9 Å². The van der Waals surface area contributed by atoms with Gasteiger partial charge in [0.1, 0.15) is 5.82 Å². The molecule has 0 aliphatic carbocycles. The molecule has 3 heteroatoms. The Morgan fingerprint density at radius 1 is 1.00 bits per heavy atom. The molecule has 0 aliphatic rings. The molecule has 0 saturated heterocycles. The lowest BCUT2D eigenvalue weighted by Crippen LogP contribution is -2.27. The largest absolute Gasteiger partial charge is 0.383 e. The molecular weight excluding hydrogens is 318 g/mol. The summed E-state index contributed by atoms with van der Waals surface area (Å²) < 4.78 is 0. The second-order valence-electron chi connectivity index (χ2n) is 7.86. The first-order chi connectivity index (χ1) is 12.5. The number of aromatic nitrogens is 1. The third kappa shape index (κ3) is 5.98. The molecule has 0 spiro atoms. The third-order valence-electron chi connectivity index (χ3n) is 5.45. The smallest absolute Gasteiger partial charge is 0.127 e. The van der Waals surface area contributed by atoms with Gasteiger partial charge in [-0.1, -0.05) is 38.3 Å². The molecule has 1 aromatic heterocycles. The van der Waals surface area contributed by atoms with Gasteiger partial charge in [0.05, 0.1) is 5.52 Å². The molecule has 2 aromatic rings. The monoisotopic (exact) mass is 355 g/mol. The van der Waals surface area contributed by atoms with Gasteiger partial charge in [-0.05, 0) is 82.8 Å². The van der Waals surface area contributed by atoms with Gasteiger partial charge in [-0.15, -0.1) is 0 Å². The molecular formula is C23H37N3. The average Bonchev–Trinajstić information content (AvgIpc) is 2.62. The molecule has 1 aromatic carbocycles. The lowest BCUT2D eigenvalue weighted by molar-refractivity contribution is 0.267. The number of anilines is 1. The van der Waals surface area contributed by atoms with Gasteiger partial charge in [-0.25, -0.2) is 4.98 Å². The second-order valence-corrected chi connectivity index (χ2v) is 7.86. The molecule has 0 radical (unpaired) electrons. The van der Waals surface area contributed by atoms with E-state index in [4.69, 9.17) is 5.73 Å². The van der Waals surface area contributed by atoms with E-state index in [9.17, 15) is 0 Å². The first-order valence-electron chi connectivity index (χ1n) is 10.4. The normalized spacial score (nSPS) is 11.8. The average molecular weight is 356 g/mol. The summed E-state index contributed by atoms with van der Waals surface area (Å²) in [6.07, 6.45) is 9.63. The highest BCUT2D eigenvalue weighted by atomic mass is 15.1. The van der Waals surface area contributed by atoms with Crippen LogP contribution in [-0.4, -0.2) is 29.5 Å². The van der Waals surface area contributed by atoms with Crippen molar-refractivity contribution in [2.24, 2.45) is 0 Å². The van der Waals surface area contributed by atoms with Gasteiger partial charge >= 0.3 is 0 Å². The van der Waals surface area contributed by atoms with E-state index in [1.54, 1.807) is 0 Å². The molecule has 2 N–H and O–H groups in total. The fourth-order valence-corrected chi connectivity index (χ4v) is 3.41. The van der Waals surface area contributed by atoms with Crippen LogP contribution >= 0.6 is 0 Å². The molecule has 0 atom stereocenters. The van der Waals surface area contributed by atoms with Crippen LogP contribution in [0.5, 0.6) is 0 Å². The van der Waals surface area contributed by atoms with E-state index < -0.39 is 0 Å². The number of rotatable bonds is 11. The summed E-state index contributed by atoms with van der Waals surface area (Å²) in [6.45, 7) is 7.94. The standard InChI is InChI=1S/C23H37N3/c1-5-6-8-13-20-17-21-19(14-11-15-22(21)25-23(20)24)12-9-7-10-16-26(4)18(2)3/h11,14-15,17-18H,5-10,12-13,16H2,1-4H3,(H2,24,25). The van der Waals surface area contributed by atoms with Crippen molar-refractivity contribution in [2.75, 3.05) is 19.3 Å². The summed E-state index contributed by atoms with van der Waals surface area (Å²) in [5.74, 6) is 0.711. The molecule has 0 unspecified atom stereocenters. The Morgan fingerprint density at radius 2 is 1.73 bits per heavy atom. The van der Waals surface area contributed by atoms with Crippen molar-refractivity contribution >= 4 is 16.7 Å². The quantitative estimate of drug-likeness (QED) is 0.533. The molecule has 3 nitrogen and oxygen atoms in total. The van der Waals surface area contributed by atoms with E-state index in [-0.39, 0.29) is 0 Å². The van der Waals surface area contributed by atoms with E-state index in [1.807, 2.05) is 0 Å². The summed E-state index contributed by atoms with van der Waals surface area (Å²) in [5.41, 5.74) is 9.88. The lowest BCUT2D eigenvalue weighted by Gasteiger charge is -2.20. The maximum atomic E-state index is 6.20. The summed E-state index contributed by atoms with van der Waals surface area (Å²) in [7, 11) is 2.21. The van der Waals surface area contributed by atoms with Crippen molar-refractivity contribution in [1.29, 1.82) is 0 Å². The molecule has 0 aliphatic heterocycles. The Morgan fingerprint density at radius 3 is 2.46 bits per heavy atom. The zero-order valence-electron chi connectivity index (χ0n) is 17.2. The predicted octanol–water partition coefficient (Wildman–Crippen LogP) is 5.60. The number of unbranched alkanes of at least 4 members (excludes halogenated alkanes) is 4. The molecule has 0 bridgehead atoms. The van der Waals surface area contributed by atoms with Gasteiger partial charge in [0.15, 0.2) is 0 Å². The van der Waals surface area contributed by atoms with Crippen LogP contribution in [0.15, 0.2) is 24.3 Å². The Bertz CT molecular complexity index is 678. The number of fused-ring (bicyclic) bond motifs is 1. The number of hydrogen-bond acceptors (Lipinski definition) is 3. The molecule has 144 valence electrons. The van der Waals surface area contributed by atoms with Crippen molar-refractivity contribution < 1.29 is 0 Å². The number of hydrogen-bond donors (Lipinski definition) is 1. The van der Waals surface area contributed by atoms with Crippen LogP contribution in [-0.2, 0) is 12.8 Å². The van der Waals surface area contributed by atoms with Gasteiger partial charge in [-0.2, -0.15) is 0 Å². The molecule has 26 heavy (non-hydrogen) atoms. The Hall–Kier alpha value is -1.61. The van der Waals surface area contributed by atoms with Crippen LogP contribution in [0.2, 0.25) is 0 Å². The lowest BCUT2D eigenvalue weighted by atomic mass is 9.99. The zero-order chi connectivity index (χ0) is 18.9. The number of pyridine rings is 1. The van der Waals surface area contributed by atoms with E-state index >= 15 is 0 Å². The van der Waals surface area contributed by atoms with Gasteiger partial charge in [-0.3, -0.25) is 0 Å². The molecule has 1 heterocycles. The van der Waals surface area contributed by atoms with Gasteiger partial charge < -0.3 is 10.6 Å². The summed E-state index contributed by atoms with van der Waals surface area (Å²) in [6, 6.07) is 9.40. The molecule has 0 saturated carbocycles. The third-order valence-corrected chi connectivity index (χ3v) is 5.45. The van der Waals surface area contributed by atoms with Crippen molar-refractivity contribution in [3.63, 3.8) is 0 Å². The van der Waals surface area contributed by atoms with Crippen LogP contribution in [0, 0.1) is 0 Å². The fraction of sp³-hybridized carbons (Fsp3) is 0.609. The number of nitrogens with two attached hydrogens (primary N) is 1. The van der Waals surface area contributed by atoms with E-state index in [0.29, 0.717) is 11.9 Å². The van der Waals surface area contributed by atoms with Crippen LogP contribution < -0.4 is 5.73 Å². The van der Waals surface area contributed by atoms with Crippen LogP contribution in [0.3, 0.4) is 0 Å². The van der Waals surface area contributed by atoms with Crippen molar-refractivity contribution in [3.05, 3.63) is 35.4 Å². The van der Waals surface area contributed by atoms with Crippen molar-refractivity contribution in [3.8, 4) is 0 Å². The van der Waals surface area contributed by atoms with Crippen LogP contribution in [0.4, 0.5) is 5.82 Å². The summed E-state index contributed by atoms with van der Waals surface area (Å²) in [5, 5.41) is 1.30. The Kier molecular flexibility index (Phi) is 8.37. The topological polar surface area (TPSA) is 42.2 Å². The first kappa shape index (κ1) is 20.7. The maximum Gasteiger partial charge on any atom is 0.127 e. The SMILES string of the molecule is CCCCCc1cc2c(CCCCCN(C)C(C)C)cccc2nc1N. The fourth-order valence-electron chi connectivity index (χ4n) is 3.41.